The van der Waals surface area contributed by atoms with Crippen LogP contribution in [0.1, 0.15) is 45.5 Å². The Kier molecular flexibility index (Phi) is 6.50. The molecule has 1 saturated heterocycles. The maximum atomic E-state index is 12.9. The van der Waals surface area contributed by atoms with Gasteiger partial charge in [-0.25, -0.2) is 0 Å². The number of amides is 2. The van der Waals surface area contributed by atoms with E-state index in [1.165, 1.54) is 16.7 Å². The Balaban J connectivity index is 1.54. The van der Waals surface area contributed by atoms with Gasteiger partial charge in [0.15, 0.2) is 0 Å². The Labute approximate surface area is 168 Å². The number of benzene rings is 2. The second kappa shape index (κ2) is 9.05. The van der Waals surface area contributed by atoms with E-state index in [0.29, 0.717) is 26.1 Å². The van der Waals surface area contributed by atoms with Gasteiger partial charge in [-0.3, -0.25) is 9.59 Å². The fourth-order valence-corrected chi connectivity index (χ4v) is 3.59. The van der Waals surface area contributed by atoms with Gasteiger partial charge in [0.05, 0.1) is 0 Å². The lowest BCUT2D eigenvalue weighted by atomic mass is 10.1. The predicted molar refractivity (Wildman–Crippen MR) is 113 cm³/mol. The molecule has 1 heterocycles. The molecule has 1 aliphatic heterocycles. The molecule has 28 heavy (non-hydrogen) atoms. The van der Waals surface area contributed by atoms with E-state index in [0.717, 1.165) is 30.5 Å². The molecular weight excluding hydrogens is 348 g/mol. The average molecular weight is 379 g/mol. The maximum Gasteiger partial charge on any atom is 0.253 e. The van der Waals surface area contributed by atoms with E-state index in [4.69, 9.17) is 0 Å². The van der Waals surface area contributed by atoms with Crippen LogP contribution in [-0.4, -0.2) is 47.8 Å². The number of hydrogen-bond donors (Lipinski definition) is 0. The Hall–Kier alpha value is -2.62. The number of hydrogen-bond acceptors (Lipinski definition) is 2. The van der Waals surface area contributed by atoms with Gasteiger partial charge < -0.3 is 9.80 Å². The zero-order valence-electron chi connectivity index (χ0n) is 17.2. The third-order valence-corrected chi connectivity index (χ3v) is 5.64. The van der Waals surface area contributed by atoms with Crippen molar-refractivity contribution in [3.05, 3.63) is 70.3 Å². The van der Waals surface area contributed by atoms with Crippen LogP contribution < -0.4 is 0 Å². The summed E-state index contributed by atoms with van der Waals surface area (Å²) in [5.41, 5.74) is 5.49. The highest BCUT2D eigenvalue weighted by atomic mass is 16.2. The predicted octanol–water partition coefficient (Wildman–Crippen LogP) is 3.92. The molecule has 0 unspecified atom stereocenters. The van der Waals surface area contributed by atoms with Gasteiger partial charge in [0, 0.05) is 38.2 Å². The standard InChI is InChI=1S/C24H30N2O2/c1-18-5-8-21(9-6-18)10-12-23(27)25-13-4-14-26(16-15-25)24(28)22-11-7-19(2)20(3)17-22/h5-9,11,17H,4,10,12-16H2,1-3H3. The van der Waals surface area contributed by atoms with Gasteiger partial charge >= 0.3 is 0 Å². The van der Waals surface area contributed by atoms with Crippen LogP contribution in [0, 0.1) is 20.8 Å². The number of aryl methyl sites for hydroxylation is 4. The Morgan fingerprint density at radius 3 is 2.21 bits per heavy atom. The molecule has 2 aromatic carbocycles. The monoisotopic (exact) mass is 378 g/mol. The van der Waals surface area contributed by atoms with Crippen LogP contribution in [0.2, 0.25) is 0 Å². The van der Waals surface area contributed by atoms with Gasteiger partial charge in [0.25, 0.3) is 5.91 Å². The van der Waals surface area contributed by atoms with Crippen LogP contribution in [0.4, 0.5) is 0 Å². The number of carbonyl (C=O) groups excluding carboxylic acids is 2. The van der Waals surface area contributed by atoms with Crippen LogP contribution >= 0.6 is 0 Å². The molecule has 1 aliphatic rings. The molecule has 1 fully saturated rings. The SMILES string of the molecule is Cc1ccc(CCC(=O)N2CCCN(C(=O)c3ccc(C)c(C)c3)CC2)cc1. The summed E-state index contributed by atoms with van der Waals surface area (Å²) in [7, 11) is 0. The van der Waals surface area contributed by atoms with Gasteiger partial charge in [-0.05, 0) is 62.4 Å². The zero-order chi connectivity index (χ0) is 20.1. The molecule has 148 valence electrons. The van der Waals surface area contributed by atoms with Crippen LogP contribution in [0.5, 0.6) is 0 Å². The summed E-state index contributed by atoms with van der Waals surface area (Å²) in [5.74, 6) is 0.248. The van der Waals surface area contributed by atoms with Gasteiger partial charge in [-0.15, -0.1) is 0 Å². The smallest absolute Gasteiger partial charge is 0.253 e. The first kappa shape index (κ1) is 20.1. The summed E-state index contributed by atoms with van der Waals surface area (Å²) in [4.78, 5) is 29.3. The third-order valence-electron chi connectivity index (χ3n) is 5.64. The molecular formula is C24H30N2O2. The van der Waals surface area contributed by atoms with E-state index in [2.05, 4.69) is 38.1 Å². The summed E-state index contributed by atoms with van der Waals surface area (Å²) in [5, 5.41) is 0. The lowest BCUT2D eigenvalue weighted by Crippen LogP contribution is -2.37. The summed E-state index contributed by atoms with van der Waals surface area (Å²) >= 11 is 0. The first-order valence-electron chi connectivity index (χ1n) is 10.1. The first-order chi connectivity index (χ1) is 13.4. The molecule has 0 saturated carbocycles. The largest absolute Gasteiger partial charge is 0.341 e. The molecule has 3 rings (SSSR count). The normalized spacial score (nSPS) is 14.7. The fourth-order valence-electron chi connectivity index (χ4n) is 3.59. The molecule has 0 radical (unpaired) electrons. The van der Waals surface area contributed by atoms with Crippen molar-refractivity contribution in [1.29, 1.82) is 0 Å². The number of rotatable bonds is 4. The maximum absolute atomic E-state index is 12.9. The van der Waals surface area contributed by atoms with Crippen molar-refractivity contribution in [1.82, 2.24) is 9.80 Å². The second-order valence-electron chi connectivity index (χ2n) is 7.81. The summed E-state index contributed by atoms with van der Waals surface area (Å²) in [6, 6.07) is 14.2. The topological polar surface area (TPSA) is 40.6 Å². The van der Waals surface area contributed by atoms with Crippen molar-refractivity contribution < 1.29 is 9.59 Å². The van der Waals surface area contributed by atoms with E-state index < -0.39 is 0 Å². The quantitative estimate of drug-likeness (QED) is 0.809. The molecule has 0 aromatic heterocycles. The summed E-state index contributed by atoms with van der Waals surface area (Å²) in [6.07, 6.45) is 2.11. The van der Waals surface area contributed by atoms with Crippen molar-refractivity contribution in [3.8, 4) is 0 Å². The molecule has 0 spiro atoms. The van der Waals surface area contributed by atoms with E-state index in [1.54, 1.807) is 0 Å². The molecule has 4 nitrogen and oxygen atoms in total. The zero-order valence-corrected chi connectivity index (χ0v) is 17.2. The minimum absolute atomic E-state index is 0.0667. The molecule has 2 amide bonds. The van der Waals surface area contributed by atoms with Gasteiger partial charge in [-0.2, -0.15) is 0 Å². The van der Waals surface area contributed by atoms with Crippen molar-refractivity contribution in [2.24, 2.45) is 0 Å². The summed E-state index contributed by atoms with van der Waals surface area (Å²) < 4.78 is 0. The lowest BCUT2D eigenvalue weighted by Gasteiger charge is -2.22. The molecule has 0 N–H and O–H groups in total. The first-order valence-corrected chi connectivity index (χ1v) is 10.1. The van der Waals surface area contributed by atoms with Crippen molar-refractivity contribution in [2.45, 2.75) is 40.0 Å². The van der Waals surface area contributed by atoms with Gasteiger partial charge in [0.1, 0.15) is 0 Å². The highest BCUT2D eigenvalue weighted by Crippen LogP contribution is 2.15. The molecule has 0 bridgehead atoms. The van der Waals surface area contributed by atoms with E-state index in [9.17, 15) is 9.59 Å². The van der Waals surface area contributed by atoms with E-state index >= 15 is 0 Å². The third kappa shape index (κ3) is 5.00. The van der Waals surface area contributed by atoms with Gasteiger partial charge in [-0.1, -0.05) is 35.9 Å². The van der Waals surface area contributed by atoms with Crippen molar-refractivity contribution in [3.63, 3.8) is 0 Å². The van der Waals surface area contributed by atoms with Crippen LogP contribution in [0.3, 0.4) is 0 Å². The fraction of sp³-hybridized carbons (Fsp3) is 0.417. The Bertz CT molecular complexity index is 842. The highest BCUT2D eigenvalue weighted by molar-refractivity contribution is 5.94. The average Bonchev–Trinajstić information content (AvgIpc) is 2.95. The Morgan fingerprint density at radius 2 is 1.50 bits per heavy atom. The molecule has 4 heteroatoms. The van der Waals surface area contributed by atoms with Crippen LogP contribution in [0.15, 0.2) is 42.5 Å². The summed E-state index contributed by atoms with van der Waals surface area (Å²) in [6.45, 7) is 8.79. The number of carbonyl (C=O) groups is 2. The van der Waals surface area contributed by atoms with Crippen molar-refractivity contribution >= 4 is 11.8 Å². The molecule has 0 atom stereocenters. The molecule has 0 aliphatic carbocycles. The lowest BCUT2D eigenvalue weighted by molar-refractivity contribution is -0.131. The second-order valence-corrected chi connectivity index (χ2v) is 7.81. The highest BCUT2D eigenvalue weighted by Gasteiger charge is 2.22. The van der Waals surface area contributed by atoms with E-state index in [-0.39, 0.29) is 11.8 Å². The van der Waals surface area contributed by atoms with Crippen LogP contribution in [-0.2, 0) is 11.2 Å². The number of nitrogens with zero attached hydrogens (tertiary/aromatic N) is 2. The minimum atomic E-state index is 0.0667. The Morgan fingerprint density at radius 1 is 0.821 bits per heavy atom. The minimum Gasteiger partial charge on any atom is -0.341 e. The van der Waals surface area contributed by atoms with E-state index in [1.807, 2.05) is 34.9 Å². The van der Waals surface area contributed by atoms with Crippen LogP contribution in [0.25, 0.3) is 0 Å². The molecule has 2 aromatic rings. The van der Waals surface area contributed by atoms with Crippen molar-refractivity contribution in [2.75, 3.05) is 26.2 Å². The van der Waals surface area contributed by atoms with Gasteiger partial charge in [0.2, 0.25) is 5.91 Å².